The molecule has 2 aromatic carbocycles. The fraction of sp³-hybridized carbons (Fsp3) is 0.692. The largest absolute Gasteiger partial charge is 0.452 e. The number of hydrogen-bond donors (Lipinski definition) is 0. The topological polar surface area (TPSA) is 86.7 Å². The van der Waals surface area contributed by atoms with E-state index in [0.29, 0.717) is 41.6 Å². The molecule has 0 bridgehead atoms. The first-order chi connectivity index (χ1) is 28.6. The number of nitrogens with zero attached hydrogens (tertiary/aromatic N) is 1. The number of ether oxygens (including phenoxy) is 2. The van der Waals surface area contributed by atoms with E-state index in [1.54, 1.807) is 36.4 Å². The van der Waals surface area contributed by atoms with Crippen molar-refractivity contribution in [2.24, 2.45) is 0 Å². The van der Waals surface area contributed by atoms with Gasteiger partial charge in [0, 0.05) is 40.7 Å². The Bertz CT molecular complexity index is 1530. The van der Waals surface area contributed by atoms with Crippen molar-refractivity contribution in [1.82, 2.24) is 0 Å². The zero-order valence-electron chi connectivity index (χ0n) is 38.1. The summed E-state index contributed by atoms with van der Waals surface area (Å²) in [6.07, 6.45) is 31.4. The van der Waals surface area contributed by atoms with Crippen LogP contribution in [0.1, 0.15) is 238 Å². The standard InChI is InChI=1S/C52H82NO6/c1-6-8-10-12-14-16-18-20-22-24-26-28-30-36-48(54)58-42(3)52(59-49(55)37-31-29-27-25-23-21-19-17-15-13-11-9-7-2)53(4,5)41-43-38-39-46-47(40-43)51(57)45-35-33-32-34-44(45)50(46)56/h32-35,38-40,42,52H,6-31,36-37,41H2,1-5H3/q+1. The molecule has 2 unspecified atom stereocenters. The second kappa shape index (κ2) is 29.0. The third kappa shape index (κ3) is 18.9. The van der Waals surface area contributed by atoms with Gasteiger partial charge in [0.05, 0.1) is 14.1 Å². The minimum atomic E-state index is -0.755. The van der Waals surface area contributed by atoms with Crippen LogP contribution in [0.5, 0.6) is 0 Å². The van der Waals surface area contributed by atoms with Gasteiger partial charge in [-0.15, -0.1) is 0 Å². The van der Waals surface area contributed by atoms with Crippen LogP contribution in [0.3, 0.4) is 0 Å². The Balaban J connectivity index is 1.51. The van der Waals surface area contributed by atoms with Crippen LogP contribution in [0.15, 0.2) is 42.5 Å². The predicted octanol–water partition coefficient (Wildman–Crippen LogP) is 13.8. The number of carbonyl (C=O) groups is 4. The van der Waals surface area contributed by atoms with Crippen molar-refractivity contribution < 1.29 is 33.1 Å². The van der Waals surface area contributed by atoms with Crippen LogP contribution in [0, 0.1) is 0 Å². The van der Waals surface area contributed by atoms with Crippen molar-refractivity contribution in [3.63, 3.8) is 0 Å². The van der Waals surface area contributed by atoms with E-state index < -0.39 is 12.3 Å². The first-order valence-corrected chi connectivity index (χ1v) is 24.1. The van der Waals surface area contributed by atoms with E-state index >= 15 is 0 Å². The molecule has 330 valence electrons. The van der Waals surface area contributed by atoms with Gasteiger partial charge in [-0.25, -0.2) is 0 Å². The zero-order valence-corrected chi connectivity index (χ0v) is 38.1. The highest BCUT2D eigenvalue weighted by molar-refractivity contribution is 6.28. The number of quaternary nitrogens is 1. The molecule has 1 aliphatic carbocycles. The minimum absolute atomic E-state index is 0.153. The van der Waals surface area contributed by atoms with Crippen LogP contribution < -0.4 is 0 Å². The first kappa shape index (κ1) is 50.0. The van der Waals surface area contributed by atoms with Crippen LogP contribution in [0.25, 0.3) is 0 Å². The molecule has 7 nitrogen and oxygen atoms in total. The first-order valence-electron chi connectivity index (χ1n) is 24.1. The maximum Gasteiger partial charge on any atom is 0.310 e. The Hall–Kier alpha value is -3.32. The number of benzene rings is 2. The molecule has 0 heterocycles. The van der Waals surface area contributed by atoms with E-state index in [-0.39, 0.29) is 28.0 Å². The van der Waals surface area contributed by atoms with Crippen molar-refractivity contribution >= 4 is 23.5 Å². The third-order valence-corrected chi connectivity index (χ3v) is 12.2. The molecule has 0 radical (unpaired) electrons. The average molecular weight is 817 g/mol. The summed E-state index contributed by atoms with van der Waals surface area (Å²) in [5, 5.41) is 0. The molecule has 3 rings (SSSR count). The van der Waals surface area contributed by atoms with E-state index in [1.807, 2.05) is 27.1 Å². The lowest BCUT2D eigenvalue weighted by atomic mass is 9.83. The smallest absolute Gasteiger partial charge is 0.310 e. The quantitative estimate of drug-likeness (QED) is 0.0258. The van der Waals surface area contributed by atoms with Gasteiger partial charge in [-0.3, -0.25) is 23.7 Å². The summed E-state index contributed by atoms with van der Waals surface area (Å²) < 4.78 is 12.4. The normalized spacial score (nSPS) is 13.5. The summed E-state index contributed by atoms with van der Waals surface area (Å²) in [6, 6.07) is 12.3. The van der Waals surface area contributed by atoms with Gasteiger partial charge >= 0.3 is 11.9 Å². The molecule has 0 amide bonds. The SMILES string of the molecule is CCCCCCCCCCCCCCCC(=O)OC(C)C(OC(=O)CCCCCCCCCCCCCCC)[N+](C)(C)Cc1ccc2c(c1)C(=O)c1ccccc1C2=O. The van der Waals surface area contributed by atoms with E-state index in [0.717, 1.165) is 44.1 Å². The maximum atomic E-state index is 13.5. The number of ketones is 2. The number of esters is 2. The van der Waals surface area contributed by atoms with Gasteiger partial charge in [0.2, 0.25) is 0 Å². The molecular weight excluding hydrogens is 735 g/mol. The van der Waals surface area contributed by atoms with E-state index in [9.17, 15) is 19.2 Å². The van der Waals surface area contributed by atoms with E-state index in [4.69, 9.17) is 9.47 Å². The Kier molecular flexibility index (Phi) is 24.6. The van der Waals surface area contributed by atoms with Gasteiger partial charge in [-0.05, 0) is 31.9 Å². The highest BCUT2D eigenvalue weighted by atomic mass is 16.6. The van der Waals surface area contributed by atoms with Gasteiger partial charge in [-0.2, -0.15) is 0 Å². The lowest BCUT2D eigenvalue weighted by Gasteiger charge is -2.39. The molecule has 0 fully saturated rings. The lowest BCUT2D eigenvalue weighted by Crippen LogP contribution is -2.56. The van der Waals surface area contributed by atoms with Crippen molar-refractivity contribution in [2.45, 2.75) is 219 Å². The van der Waals surface area contributed by atoms with Crippen LogP contribution in [0.4, 0.5) is 0 Å². The summed E-state index contributed by atoms with van der Waals surface area (Å²) >= 11 is 0. The van der Waals surface area contributed by atoms with Crippen LogP contribution in [-0.4, -0.2) is 54.4 Å². The number of rotatable bonds is 34. The number of likely N-dealkylation sites (N-methyl/N-ethyl adjacent to an activating group) is 1. The Morgan fingerprint density at radius 2 is 0.847 bits per heavy atom. The molecule has 0 saturated carbocycles. The summed E-state index contributed by atoms with van der Waals surface area (Å²) in [7, 11) is 3.92. The molecule has 59 heavy (non-hydrogen) atoms. The summed E-state index contributed by atoms with van der Waals surface area (Å²) in [5.74, 6) is -0.876. The van der Waals surface area contributed by atoms with Crippen molar-refractivity contribution in [3.05, 3.63) is 70.3 Å². The molecule has 0 aromatic heterocycles. The Morgan fingerprint density at radius 1 is 0.492 bits per heavy atom. The second-order valence-corrected chi connectivity index (χ2v) is 18.1. The maximum absolute atomic E-state index is 13.5. The highest BCUT2D eigenvalue weighted by Crippen LogP contribution is 2.30. The van der Waals surface area contributed by atoms with Crippen molar-refractivity contribution in [3.8, 4) is 0 Å². The molecule has 0 saturated heterocycles. The molecule has 2 aromatic rings. The monoisotopic (exact) mass is 817 g/mol. The molecule has 1 aliphatic rings. The number of unbranched alkanes of at least 4 members (excludes halogenated alkanes) is 24. The van der Waals surface area contributed by atoms with Crippen LogP contribution in [-0.2, 0) is 25.6 Å². The Morgan fingerprint density at radius 3 is 1.27 bits per heavy atom. The van der Waals surface area contributed by atoms with Crippen molar-refractivity contribution in [1.29, 1.82) is 0 Å². The fourth-order valence-electron chi connectivity index (χ4n) is 8.70. The second-order valence-electron chi connectivity index (χ2n) is 18.1. The molecular formula is C52H82NO6+. The summed E-state index contributed by atoms with van der Waals surface area (Å²) in [4.78, 5) is 53.3. The molecule has 0 spiro atoms. The van der Waals surface area contributed by atoms with Gasteiger partial charge in [-0.1, -0.05) is 198 Å². The number of carbonyl (C=O) groups excluding carboxylic acids is 4. The van der Waals surface area contributed by atoms with E-state index in [1.165, 1.54) is 128 Å². The van der Waals surface area contributed by atoms with Crippen LogP contribution in [0.2, 0.25) is 0 Å². The minimum Gasteiger partial charge on any atom is -0.452 e. The van der Waals surface area contributed by atoms with Gasteiger partial charge in [0.1, 0.15) is 6.54 Å². The number of fused-ring (bicyclic) bond motifs is 2. The van der Waals surface area contributed by atoms with Crippen molar-refractivity contribution in [2.75, 3.05) is 14.1 Å². The average Bonchev–Trinajstić information content (AvgIpc) is 3.22. The van der Waals surface area contributed by atoms with Gasteiger partial charge < -0.3 is 9.47 Å². The third-order valence-electron chi connectivity index (χ3n) is 12.2. The Labute approximate surface area is 359 Å². The zero-order chi connectivity index (χ0) is 42.7. The van der Waals surface area contributed by atoms with Crippen LogP contribution >= 0.6 is 0 Å². The lowest BCUT2D eigenvalue weighted by molar-refractivity contribution is -0.950. The summed E-state index contributed by atoms with van der Waals surface area (Å²) in [5.41, 5.74) is 2.47. The predicted molar refractivity (Wildman–Crippen MR) is 242 cm³/mol. The van der Waals surface area contributed by atoms with Gasteiger partial charge in [0.25, 0.3) is 6.23 Å². The molecule has 7 heteroatoms. The number of hydrogen-bond acceptors (Lipinski definition) is 6. The molecule has 2 atom stereocenters. The summed E-state index contributed by atoms with van der Waals surface area (Å²) in [6.45, 7) is 6.73. The highest BCUT2D eigenvalue weighted by Gasteiger charge is 2.40. The molecule has 0 N–H and O–H groups in total. The molecule has 0 aliphatic heterocycles. The van der Waals surface area contributed by atoms with Gasteiger partial charge in [0.15, 0.2) is 17.7 Å². The van der Waals surface area contributed by atoms with E-state index in [2.05, 4.69) is 13.8 Å². The fourth-order valence-corrected chi connectivity index (χ4v) is 8.70.